The summed E-state index contributed by atoms with van der Waals surface area (Å²) in [5.74, 6) is 2.16. The minimum atomic E-state index is 0.426. The Morgan fingerprint density at radius 2 is 1.97 bits per heavy atom. The Morgan fingerprint density at radius 3 is 2.94 bits per heavy atom. The van der Waals surface area contributed by atoms with Crippen molar-refractivity contribution in [2.24, 2.45) is 0 Å². The number of nitrogens with one attached hydrogen (secondary N) is 2. The molecule has 5 aromatic rings. The van der Waals surface area contributed by atoms with Crippen molar-refractivity contribution < 1.29 is 4.74 Å². The maximum atomic E-state index is 6.22. The molecule has 164 valence electrons. The summed E-state index contributed by atoms with van der Waals surface area (Å²) in [6.07, 6.45) is 4.54. The maximum Gasteiger partial charge on any atom is 0.203 e. The second kappa shape index (κ2) is 8.03. The van der Waals surface area contributed by atoms with Gasteiger partial charge in [0.25, 0.3) is 0 Å². The number of H-pyrrole nitrogens is 1. The third-order valence-corrected chi connectivity index (χ3v) is 5.79. The van der Waals surface area contributed by atoms with Gasteiger partial charge in [-0.15, -0.1) is 5.10 Å². The topological polar surface area (TPSA) is 120 Å². The summed E-state index contributed by atoms with van der Waals surface area (Å²) < 4.78 is 8.14. The number of benzene rings is 2. The molecule has 0 saturated heterocycles. The van der Waals surface area contributed by atoms with Gasteiger partial charge in [-0.25, -0.2) is 4.98 Å². The molecular weight excluding hydrogens is 416 g/mol. The van der Waals surface area contributed by atoms with Crippen LogP contribution in [0.2, 0.25) is 0 Å². The van der Waals surface area contributed by atoms with E-state index < -0.39 is 0 Å². The molecule has 0 radical (unpaired) electrons. The van der Waals surface area contributed by atoms with Gasteiger partial charge in [-0.2, -0.15) is 15.4 Å². The van der Waals surface area contributed by atoms with Crippen molar-refractivity contribution in [3.8, 4) is 11.5 Å². The summed E-state index contributed by atoms with van der Waals surface area (Å²) in [7, 11) is 0. The van der Waals surface area contributed by atoms with Crippen molar-refractivity contribution in [2.75, 3.05) is 5.73 Å². The lowest BCUT2D eigenvalue weighted by Crippen LogP contribution is -2.01. The number of hydrogen-bond acceptors (Lipinski definition) is 7. The molecule has 0 unspecified atom stereocenters. The minimum absolute atomic E-state index is 0.426. The number of nitrogen functional groups attached to an aromatic ring is 1. The van der Waals surface area contributed by atoms with E-state index in [1.54, 1.807) is 0 Å². The summed E-state index contributed by atoms with van der Waals surface area (Å²) in [5.41, 5.74) is 12.8. The maximum absolute atomic E-state index is 6.22. The van der Waals surface area contributed by atoms with E-state index in [9.17, 15) is 0 Å². The number of nitrogens with two attached hydrogens (primary N) is 1. The predicted molar refractivity (Wildman–Crippen MR) is 124 cm³/mol. The van der Waals surface area contributed by atoms with Crippen LogP contribution in [0.25, 0.3) is 11.2 Å². The fourth-order valence-electron chi connectivity index (χ4n) is 4.28. The summed E-state index contributed by atoms with van der Waals surface area (Å²) in [5, 5.41) is 18.8. The van der Waals surface area contributed by atoms with Gasteiger partial charge < -0.3 is 15.8 Å². The second-order valence-electron chi connectivity index (χ2n) is 8.17. The third-order valence-electron chi connectivity index (χ3n) is 5.79. The van der Waals surface area contributed by atoms with Gasteiger partial charge in [0.15, 0.2) is 0 Å². The molecular formula is C24H22N8O. The first-order valence-corrected chi connectivity index (χ1v) is 10.8. The zero-order chi connectivity index (χ0) is 22.2. The minimum Gasteiger partial charge on any atom is -0.457 e. The molecule has 1 aliphatic heterocycles. The molecule has 9 nitrogen and oxygen atoms in total. The van der Waals surface area contributed by atoms with E-state index >= 15 is 0 Å². The third kappa shape index (κ3) is 3.90. The summed E-state index contributed by atoms with van der Waals surface area (Å²) in [6.45, 7) is 2.37. The van der Waals surface area contributed by atoms with Gasteiger partial charge in [-0.1, -0.05) is 24.3 Å². The summed E-state index contributed by atoms with van der Waals surface area (Å²) >= 11 is 0. The highest BCUT2D eigenvalue weighted by atomic mass is 16.5. The fraction of sp³-hybridized carbons (Fsp3) is 0.167. The highest BCUT2D eigenvalue weighted by molar-refractivity contribution is 5.76. The number of nitrogens with zero attached hydrogens (tertiary/aromatic N) is 5. The fourth-order valence-corrected chi connectivity index (χ4v) is 4.28. The molecule has 1 aliphatic rings. The van der Waals surface area contributed by atoms with Crippen molar-refractivity contribution in [3.05, 3.63) is 88.7 Å². The van der Waals surface area contributed by atoms with Crippen LogP contribution in [0.1, 0.15) is 27.8 Å². The second-order valence-corrected chi connectivity index (χ2v) is 8.17. The number of aromatic amines is 1. The molecule has 0 bridgehead atoms. The average Bonchev–Trinajstić information content (AvgIpc) is 3.55. The van der Waals surface area contributed by atoms with Gasteiger partial charge in [0.1, 0.15) is 22.8 Å². The van der Waals surface area contributed by atoms with E-state index in [0.717, 1.165) is 46.8 Å². The van der Waals surface area contributed by atoms with Crippen LogP contribution in [0, 0.1) is 0 Å². The van der Waals surface area contributed by atoms with Crippen LogP contribution in [-0.2, 0) is 26.1 Å². The average molecular weight is 438 g/mol. The Hall–Kier alpha value is -4.24. The van der Waals surface area contributed by atoms with Crippen molar-refractivity contribution in [1.29, 1.82) is 0 Å². The number of anilines is 1. The molecule has 9 heteroatoms. The number of ether oxygens (including phenoxy) is 1. The van der Waals surface area contributed by atoms with Crippen LogP contribution >= 0.6 is 0 Å². The van der Waals surface area contributed by atoms with E-state index in [2.05, 4.69) is 49.0 Å². The van der Waals surface area contributed by atoms with E-state index in [1.807, 2.05) is 47.4 Å². The Kier molecular flexibility index (Phi) is 4.73. The first-order valence-electron chi connectivity index (χ1n) is 10.8. The van der Waals surface area contributed by atoms with E-state index in [0.29, 0.717) is 24.4 Å². The number of hydrogen-bond donors (Lipinski definition) is 3. The smallest absolute Gasteiger partial charge is 0.203 e. The lowest BCUT2D eigenvalue weighted by atomic mass is 10.1. The molecule has 4 N–H and O–H groups in total. The first-order chi connectivity index (χ1) is 16.2. The van der Waals surface area contributed by atoms with E-state index in [-0.39, 0.29) is 0 Å². The molecule has 6 rings (SSSR count). The molecule has 33 heavy (non-hydrogen) atoms. The molecule has 0 fully saturated rings. The van der Waals surface area contributed by atoms with Crippen molar-refractivity contribution in [2.45, 2.75) is 26.1 Å². The van der Waals surface area contributed by atoms with E-state index in [4.69, 9.17) is 10.5 Å². The lowest BCUT2D eigenvalue weighted by Gasteiger charge is -2.11. The van der Waals surface area contributed by atoms with Gasteiger partial charge >= 0.3 is 0 Å². The van der Waals surface area contributed by atoms with Gasteiger partial charge in [0.2, 0.25) is 5.65 Å². The van der Waals surface area contributed by atoms with Gasteiger partial charge in [-0.05, 0) is 46.5 Å². The van der Waals surface area contributed by atoms with Gasteiger partial charge in [0, 0.05) is 31.3 Å². The quantitative estimate of drug-likeness (QED) is 0.372. The van der Waals surface area contributed by atoms with Crippen LogP contribution in [0.15, 0.2) is 60.9 Å². The molecule has 0 spiro atoms. The van der Waals surface area contributed by atoms with Crippen molar-refractivity contribution >= 4 is 17.0 Å². The number of fused-ring (bicyclic) bond motifs is 2. The molecule has 4 heterocycles. The lowest BCUT2D eigenvalue weighted by molar-refractivity contribution is 0.475. The molecule has 3 aromatic heterocycles. The van der Waals surface area contributed by atoms with Gasteiger partial charge in [-0.3, -0.25) is 4.68 Å². The highest BCUT2D eigenvalue weighted by Crippen LogP contribution is 2.30. The number of pyridine rings is 1. The highest BCUT2D eigenvalue weighted by Gasteiger charge is 2.15. The molecule has 0 atom stereocenters. The molecule has 0 saturated carbocycles. The van der Waals surface area contributed by atoms with Crippen LogP contribution < -0.4 is 15.8 Å². The van der Waals surface area contributed by atoms with Crippen LogP contribution in [0.5, 0.6) is 11.5 Å². The normalized spacial score (nSPS) is 12.8. The Labute approximate surface area is 189 Å². The SMILES string of the molecule is Nc1cc(Cc2cnn(Cc3cccc(Oc4cccc5c4CNC5)c3)c2)c2n[nH]nc2n1. The van der Waals surface area contributed by atoms with Crippen LogP contribution in [-0.4, -0.2) is 30.2 Å². The molecule has 0 aliphatic carbocycles. The summed E-state index contributed by atoms with van der Waals surface area (Å²) in [6, 6.07) is 16.2. The largest absolute Gasteiger partial charge is 0.457 e. The summed E-state index contributed by atoms with van der Waals surface area (Å²) in [4.78, 5) is 4.19. The number of rotatable bonds is 6. The Morgan fingerprint density at radius 1 is 1.03 bits per heavy atom. The van der Waals surface area contributed by atoms with E-state index in [1.165, 1.54) is 11.1 Å². The zero-order valence-corrected chi connectivity index (χ0v) is 17.8. The predicted octanol–water partition coefficient (Wildman–Crippen LogP) is 3.17. The number of aromatic nitrogens is 6. The van der Waals surface area contributed by atoms with Crippen LogP contribution in [0.4, 0.5) is 5.82 Å². The van der Waals surface area contributed by atoms with Crippen molar-refractivity contribution in [3.63, 3.8) is 0 Å². The first kappa shape index (κ1) is 19.4. The standard InChI is InChI=1S/C24H22N8O/c25-22-9-18(23-24(28-22)30-31-29-23)7-16-10-27-32(14-16)13-15-3-1-5-19(8-15)33-21-6-2-4-17-11-26-12-20(17)21/h1-6,8-10,14,26H,7,11-13H2,(H3,25,28,29,30,31). The Bertz CT molecular complexity index is 1450. The molecule has 2 aromatic carbocycles. The van der Waals surface area contributed by atoms with Crippen molar-refractivity contribution in [1.82, 2.24) is 35.5 Å². The zero-order valence-electron chi connectivity index (χ0n) is 17.8. The molecule has 0 amide bonds. The van der Waals surface area contributed by atoms with Gasteiger partial charge in [0.05, 0.1) is 12.7 Å². The van der Waals surface area contributed by atoms with Crippen LogP contribution in [0.3, 0.4) is 0 Å². The Balaban J connectivity index is 1.18. The monoisotopic (exact) mass is 438 g/mol.